The molecule has 0 unspecified atom stereocenters. The highest BCUT2D eigenvalue weighted by molar-refractivity contribution is 5.59. The Morgan fingerprint density at radius 3 is 3.00 bits per heavy atom. The number of nitrogens with one attached hydrogen (secondary N) is 1. The third-order valence-electron chi connectivity index (χ3n) is 4.26. The Bertz CT molecular complexity index is 769. The number of rotatable bonds is 6. The van der Waals surface area contributed by atoms with Crippen LogP contribution in [-0.2, 0) is 0 Å². The molecular formula is C16H20N6O3. The van der Waals surface area contributed by atoms with E-state index in [4.69, 9.17) is 10.5 Å². The minimum absolute atomic E-state index is 0.135. The highest BCUT2D eigenvalue weighted by Crippen LogP contribution is 2.32. The van der Waals surface area contributed by atoms with Gasteiger partial charge in [0.1, 0.15) is 11.9 Å². The van der Waals surface area contributed by atoms with Crippen molar-refractivity contribution in [2.24, 2.45) is 5.92 Å². The van der Waals surface area contributed by atoms with E-state index in [1.54, 1.807) is 7.11 Å². The normalized spacial score (nSPS) is 16.7. The van der Waals surface area contributed by atoms with Gasteiger partial charge in [0.25, 0.3) is 0 Å². The second kappa shape index (κ2) is 7.20. The van der Waals surface area contributed by atoms with E-state index in [1.807, 2.05) is 18.2 Å². The minimum Gasteiger partial charge on any atom is -0.495 e. The summed E-state index contributed by atoms with van der Waals surface area (Å²) in [6, 6.07) is 7.95. The zero-order valence-corrected chi connectivity index (χ0v) is 13.9. The minimum atomic E-state index is -0.596. The number of benzene rings is 1. The Balaban J connectivity index is 1.59. The van der Waals surface area contributed by atoms with Crippen LogP contribution in [0.2, 0.25) is 0 Å². The van der Waals surface area contributed by atoms with Gasteiger partial charge in [0.05, 0.1) is 17.7 Å². The SMILES string of the molecule is COc1ccccc1N1CC[C@@H](CNc2ncc([N+](=O)[O-])c(N)n2)C1. The maximum Gasteiger partial charge on any atom is 0.329 e. The Morgan fingerprint density at radius 1 is 1.48 bits per heavy atom. The molecule has 9 heteroatoms. The van der Waals surface area contributed by atoms with E-state index in [-0.39, 0.29) is 11.5 Å². The predicted molar refractivity (Wildman–Crippen MR) is 94.9 cm³/mol. The van der Waals surface area contributed by atoms with E-state index in [9.17, 15) is 10.1 Å². The molecule has 1 aliphatic rings. The van der Waals surface area contributed by atoms with Gasteiger partial charge in [-0.15, -0.1) is 0 Å². The lowest BCUT2D eigenvalue weighted by Crippen LogP contribution is -2.23. The summed E-state index contributed by atoms with van der Waals surface area (Å²) >= 11 is 0. The molecule has 0 spiro atoms. The van der Waals surface area contributed by atoms with Gasteiger partial charge in [0, 0.05) is 19.6 Å². The van der Waals surface area contributed by atoms with Crippen LogP contribution in [0.1, 0.15) is 6.42 Å². The number of aromatic nitrogens is 2. The van der Waals surface area contributed by atoms with Crippen molar-refractivity contribution in [3.05, 3.63) is 40.6 Å². The first-order valence-corrected chi connectivity index (χ1v) is 7.97. The second-order valence-electron chi connectivity index (χ2n) is 5.87. The van der Waals surface area contributed by atoms with Crippen molar-refractivity contribution in [2.45, 2.75) is 6.42 Å². The van der Waals surface area contributed by atoms with Crippen molar-refractivity contribution in [3.63, 3.8) is 0 Å². The Labute approximate surface area is 145 Å². The highest BCUT2D eigenvalue weighted by atomic mass is 16.6. The summed E-state index contributed by atoms with van der Waals surface area (Å²) in [4.78, 5) is 20.3. The molecule has 0 bridgehead atoms. The van der Waals surface area contributed by atoms with Crippen LogP contribution in [0, 0.1) is 16.0 Å². The topological polar surface area (TPSA) is 119 Å². The van der Waals surface area contributed by atoms with Gasteiger partial charge in [-0.1, -0.05) is 12.1 Å². The number of anilines is 3. The first kappa shape index (κ1) is 16.7. The van der Waals surface area contributed by atoms with E-state index >= 15 is 0 Å². The second-order valence-corrected chi connectivity index (χ2v) is 5.87. The molecule has 9 nitrogen and oxygen atoms in total. The molecule has 1 saturated heterocycles. The lowest BCUT2D eigenvalue weighted by atomic mass is 10.1. The molecule has 2 heterocycles. The molecular weight excluding hydrogens is 324 g/mol. The molecule has 0 amide bonds. The molecule has 3 rings (SSSR count). The third kappa shape index (κ3) is 3.70. The van der Waals surface area contributed by atoms with Crippen LogP contribution in [0.3, 0.4) is 0 Å². The number of para-hydroxylation sites is 2. The molecule has 1 aromatic heterocycles. The summed E-state index contributed by atoms with van der Waals surface area (Å²) in [6.07, 6.45) is 2.15. The third-order valence-corrected chi connectivity index (χ3v) is 4.26. The molecule has 0 radical (unpaired) electrons. The van der Waals surface area contributed by atoms with Crippen molar-refractivity contribution < 1.29 is 9.66 Å². The van der Waals surface area contributed by atoms with Crippen LogP contribution < -0.4 is 20.7 Å². The summed E-state index contributed by atoms with van der Waals surface area (Å²) in [7, 11) is 1.67. The summed E-state index contributed by atoms with van der Waals surface area (Å²) in [6.45, 7) is 2.49. The number of nitrogens with two attached hydrogens (primary N) is 1. The summed E-state index contributed by atoms with van der Waals surface area (Å²) in [5.74, 6) is 1.44. The van der Waals surface area contributed by atoms with Crippen LogP contribution >= 0.6 is 0 Å². The maximum atomic E-state index is 10.7. The summed E-state index contributed by atoms with van der Waals surface area (Å²) < 4.78 is 5.42. The van der Waals surface area contributed by atoms with E-state index in [0.29, 0.717) is 18.4 Å². The van der Waals surface area contributed by atoms with Crippen molar-refractivity contribution in [1.82, 2.24) is 9.97 Å². The molecule has 2 aromatic rings. The van der Waals surface area contributed by atoms with Gasteiger partial charge in [0.15, 0.2) is 0 Å². The van der Waals surface area contributed by atoms with Crippen molar-refractivity contribution >= 4 is 23.1 Å². The molecule has 1 aliphatic heterocycles. The van der Waals surface area contributed by atoms with Crippen molar-refractivity contribution in [2.75, 3.05) is 42.7 Å². The highest BCUT2D eigenvalue weighted by Gasteiger charge is 2.24. The Kier molecular flexibility index (Phi) is 4.82. The number of nitro groups is 1. The van der Waals surface area contributed by atoms with E-state index < -0.39 is 4.92 Å². The zero-order chi connectivity index (χ0) is 17.8. The number of methoxy groups -OCH3 is 1. The fraction of sp³-hybridized carbons (Fsp3) is 0.375. The van der Waals surface area contributed by atoms with Gasteiger partial charge in [-0.05, 0) is 24.5 Å². The van der Waals surface area contributed by atoms with Crippen LogP contribution in [0.4, 0.5) is 23.1 Å². The van der Waals surface area contributed by atoms with Gasteiger partial charge in [-0.3, -0.25) is 10.1 Å². The summed E-state index contributed by atoms with van der Waals surface area (Å²) in [5.41, 5.74) is 6.38. The fourth-order valence-corrected chi connectivity index (χ4v) is 2.96. The van der Waals surface area contributed by atoms with E-state index in [1.165, 1.54) is 0 Å². The first-order chi connectivity index (χ1) is 12.1. The van der Waals surface area contributed by atoms with Gasteiger partial charge < -0.3 is 20.7 Å². The molecule has 0 saturated carbocycles. The largest absolute Gasteiger partial charge is 0.495 e. The van der Waals surface area contributed by atoms with Crippen LogP contribution in [0.15, 0.2) is 30.5 Å². The molecule has 3 N–H and O–H groups in total. The number of ether oxygens (including phenoxy) is 1. The number of hydrogen-bond acceptors (Lipinski definition) is 8. The zero-order valence-electron chi connectivity index (χ0n) is 13.9. The monoisotopic (exact) mass is 344 g/mol. The molecule has 0 aliphatic carbocycles. The lowest BCUT2D eigenvalue weighted by molar-refractivity contribution is -0.384. The van der Waals surface area contributed by atoms with Gasteiger partial charge in [-0.2, -0.15) is 4.98 Å². The smallest absolute Gasteiger partial charge is 0.329 e. The molecule has 25 heavy (non-hydrogen) atoms. The van der Waals surface area contributed by atoms with Crippen LogP contribution in [0.25, 0.3) is 0 Å². The quantitative estimate of drug-likeness (QED) is 0.602. The maximum absolute atomic E-state index is 10.7. The van der Waals surface area contributed by atoms with Gasteiger partial charge in [-0.25, -0.2) is 4.98 Å². The van der Waals surface area contributed by atoms with Crippen LogP contribution in [-0.4, -0.2) is 41.6 Å². The number of hydrogen-bond donors (Lipinski definition) is 2. The number of nitrogens with zero attached hydrogens (tertiary/aromatic N) is 4. The van der Waals surface area contributed by atoms with Crippen molar-refractivity contribution in [3.8, 4) is 5.75 Å². The Hall–Kier alpha value is -3.10. The molecule has 1 atom stereocenters. The number of nitrogen functional groups attached to an aromatic ring is 1. The predicted octanol–water partition coefficient (Wildman–Crippen LogP) is 1.91. The molecule has 1 aromatic carbocycles. The van der Waals surface area contributed by atoms with Gasteiger partial charge >= 0.3 is 5.69 Å². The standard InChI is InChI=1S/C16H20N6O3/c1-25-14-5-3-2-4-12(14)21-7-6-11(10-21)8-18-16-19-9-13(22(23)24)15(17)20-16/h2-5,9,11H,6-8,10H2,1H3,(H3,17,18,19,20)/t11-/m0/s1. The van der Waals surface area contributed by atoms with Crippen LogP contribution in [0.5, 0.6) is 5.75 Å². The lowest BCUT2D eigenvalue weighted by Gasteiger charge is -2.21. The fourth-order valence-electron chi connectivity index (χ4n) is 2.96. The first-order valence-electron chi connectivity index (χ1n) is 7.97. The van der Waals surface area contributed by atoms with Crippen molar-refractivity contribution in [1.29, 1.82) is 0 Å². The van der Waals surface area contributed by atoms with E-state index in [0.717, 1.165) is 37.1 Å². The average molecular weight is 344 g/mol. The molecule has 1 fully saturated rings. The Morgan fingerprint density at radius 2 is 2.28 bits per heavy atom. The van der Waals surface area contributed by atoms with Gasteiger partial charge in [0.2, 0.25) is 11.8 Å². The average Bonchev–Trinajstić information content (AvgIpc) is 3.08. The van der Waals surface area contributed by atoms with E-state index in [2.05, 4.69) is 26.3 Å². The molecule has 132 valence electrons. The summed E-state index contributed by atoms with van der Waals surface area (Å²) in [5, 5.41) is 13.8.